The first-order valence-electron chi connectivity index (χ1n) is 30.9. The van der Waals surface area contributed by atoms with Crippen LogP contribution >= 0.6 is 0 Å². The van der Waals surface area contributed by atoms with E-state index in [1.807, 2.05) is 0 Å². The van der Waals surface area contributed by atoms with Crippen molar-refractivity contribution in [3.8, 4) is 0 Å². The van der Waals surface area contributed by atoms with Crippen LogP contribution < -0.4 is 0 Å². The predicted molar refractivity (Wildman–Crippen MR) is 303 cm³/mol. The lowest BCUT2D eigenvalue weighted by Crippen LogP contribution is -1.82. The molecule has 4 radical (unpaired) electrons. The van der Waals surface area contributed by atoms with Crippen molar-refractivity contribution >= 4 is 0 Å². The zero-order valence-corrected chi connectivity index (χ0v) is 47.1. The molecule has 0 aliphatic heterocycles. The van der Waals surface area contributed by atoms with Gasteiger partial charge in [-0.2, -0.15) is 0 Å². The second kappa shape index (κ2) is 77.2. The molecule has 64 heavy (non-hydrogen) atoms. The summed E-state index contributed by atoms with van der Waals surface area (Å²) < 4.78 is 0. The van der Waals surface area contributed by atoms with Crippen LogP contribution in [0.15, 0.2) is 0 Å². The van der Waals surface area contributed by atoms with Gasteiger partial charge in [-0.15, -0.1) is 0 Å². The summed E-state index contributed by atoms with van der Waals surface area (Å²) >= 11 is 0. The number of unbranched alkanes of at least 4 members (excludes halogenated alkanes) is 52. The van der Waals surface area contributed by atoms with Crippen LogP contribution in [0.4, 0.5) is 0 Å². The topological polar surface area (TPSA) is 0 Å². The minimum Gasteiger partial charge on any atom is -0.0654 e. The molecular weight excluding hydrogens is 769 g/mol. The summed E-state index contributed by atoms with van der Waals surface area (Å²) in [7, 11) is 0. The van der Waals surface area contributed by atoms with Crippen molar-refractivity contribution in [1.82, 2.24) is 0 Å². The lowest BCUT2D eigenvalue weighted by molar-refractivity contribution is 0.554. The van der Waals surface area contributed by atoms with Gasteiger partial charge in [-0.3, -0.25) is 0 Å². The fourth-order valence-electron chi connectivity index (χ4n) is 8.50. The van der Waals surface area contributed by atoms with Gasteiger partial charge in [0, 0.05) is 0 Å². The Kier molecular flexibility index (Phi) is 85.1. The van der Waals surface area contributed by atoms with Crippen molar-refractivity contribution in [2.45, 2.75) is 389 Å². The first-order valence-corrected chi connectivity index (χ1v) is 30.9. The largest absolute Gasteiger partial charge is 0.0654 e. The molecule has 0 heterocycles. The molecule has 0 saturated heterocycles. The van der Waals surface area contributed by atoms with Crippen molar-refractivity contribution in [3.05, 3.63) is 25.7 Å². The molecule has 0 aliphatic rings. The Balaban J connectivity index is -0.000000375. The predicted octanol–water partition coefficient (Wildman–Crippen LogP) is 25.2. The minimum absolute atomic E-state index is 1.32. The van der Waals surface area contributed by atoms with E-state index >= 15 is 0 Å². The van der Waals surface area contributed by atoms with Gasteiger partial charge in [-0.1, -0.05) is 389 Å². The van der Waals surface area contributed by atoms with E-state index in [-0.39, 0.29) is 0 Å². The van der Waals surface area contributed by atoms with Gasteiger partial charge in [-0.25, -0.2) is 0 Å². The first-order chi connectivity index (χ1) is 31.7. The average molecular weight is 902 g/mol. The van der Waals surface area contributed by atoms with Crippen LogP contribution in [0.5, 0.6) is 0 Å². The second-order valence-corrected chi connectivity index (χ2v) is 20.2. The van der Waals surface area contributed by atoms with Crippen LogP contribution in [-0.2, 0) is 0 Å². The lowest BCUT2D eigenvalue weighted by atomic mass is 10.0. The highest BCUT2D eigenvalue weighted by molar-refractivity contribution is 4.65. The third kappa shape index (κ3) is 85.3. The van der Waals surface area contributed by atoms with E-state index in [1.54, 1.807) is 0 Å². The Morgan fingerprint density at radius 3 is 0.375 bits per heavy atom. The molecule has 0 heteroatoms. The van der Waals surface area contributed by atoms with E-state index in [1.165, 1.54) is 334 Å². The summed E-state index contributed by atoms with van der Waals surface area (Å²) in [5, 5.41) is 0. The van der Waals surface area contributed by atoms with Crippen LogP contribution in [0.25, 0.3) is 0 Å². The Morgan fingerprint density at radius 1 is 0.125 bits per heavy atom. The highest BCUT2D eigenvalue weighted by Crippen LogP contribution is 2.16. The maximum atomic E-state index is 2.46. The SMILES string of the molecule is CCC[CH]CCCCCCCCCCCC.CCC[CH]CCCCCCCCCCCC.CCC[CH]CCCCCCCCCCCC.CCC[CH]CCCCCCCCCCCC. The van der Waals surface area contributed by atoms with Gasteiger partial charge in [0.05, 0.1) is 0 Å². The monoisotopic (exact) mass is 901 g/mol. The van der Waals surface area contributed by atoms with Crippen molar-refractivity contribution in [3.63, 3.8) is 0 Å². The number of hydrogen-bond donors (Lipinski definition) is 0. The molecule has 0 atom stereocenters. The highest BCUT2D eigenvalue weighted by Gasteiger charge is 1.97. The zero-order valence-electron chi connectivity index (χ0n) is 47.1. The molecule has 0 spiro atoms. The number of rotatable bonds is 52. The van der Waals surface area contributed by atoms with E-state index in [4.69, 9.17) is 0 Å². The van der Waals surface area contributed by atoms with Crippen molar-refractivity contribution in [2.75, 3.05) is 0 Å². The molecule has 0 aromatic carbocycles. The van der Waals surface area contributed by atoms with E-state index < -0.39 is 0 Å². The zero-order chi connectivity index (χ0) is 47.6. The quantitative estimate of drug-likeness (QED) is 0.0534. The molecule has 0 aromatic heterocycles. The second-order valence-electron chi connectivity index (χ2n) is 20.2. The van der Waals surface area contributed by atoms with Crippen molar-refractivity contribution < 1.29 is 0 Å². The Bertz CT molecular complexity index is 482. The smallest absolute Gasteiger partial charge is 0.0386 e. The minimum atomic E-state index is 1.32. The molecule has 0 amide bonds. The van der Waals surface area contributed by atoms with Gasteiger partial charge >= 0.3 is 0 Å². The standard InChI is InChI=1S/4C16H33/c4*1-3-5-7-9-11-13-15-16-14-12-10-8-6-4-2/h4*7H,3-6,8-16H2,1-2H3. The third-order valence-corrected chi connectivity index (χ3v) is 13.0. The van der Waals surface area contributed by atoms with Crippen LogP contribution in [-0.4, -0.2) is 0 Å². The summed E-state index contributed by atoms with van der Waals surface area (Å²) in [4.78, 5) is 0. The molecule has 0 bridgehead atoms. The van der Waals surface area contributed by atoms with Crippen LogP contribution in [0.3, 0.4) is 0 Å². The molecular formula is C64H132. The molecule has 0 fully saturated rings. The van der Waals surface area contributed by atoms with E-state index in [9.17, 15) is 0 Å². The van der Waals surface area contributed by atoms with Crippen molar-refractivity contribution in [1.29, 1.82) is 0 Å². The van der Waals surface area contributed by atoms with Crippen molar-refractivity contribution in [2.24, 2.45) is 0 Å². The molecule has 0 aromatic rings. The summed E-state index contributed by atoms with van der Waals surface area (Å²) in [5.74, 6) is 0. The van der Waals surface area contributed by atoms with Gasteiger partial charge in [0.2, 0.25) is 0 Å². The summed E-state index contributed by atoms with van der Waals surface area (Å²) in [5.41, 5.74) is 0. The van der Waals surface area contributed by atoms with Crippen LogP contribution in [0, 0.1) is 25.7 Å². The molecule has 0 rings (SSSR count). The summed E-state index contributed by atoms with van der Waals surface area (Å²) in [6.45, 7) is 18.2. The third-order valence-electron chi connectivity index (χ3n) is 13.0. The summed E-state index contributed by atoms with van der Waals surface area (Å²) in [6, 6.07) is 0. The molecule has 0 nitrogen and oxygen atoms in total. The Labute approximate surface area is 413 Å². The molecule has 0 unspecified atom stereocenters. The number of hydrogen-bond acceptors (Lipinski definition) is 0. The molecule has 0 saturated carbocycles. The highest BCUT2D eigenvalue weighted by atomic mass is 14.0. The molecule has 0 aliphatic carbocycles. The Hall–Kier alpha value is 0. The Morgan fingerprint density at radius 2 is 0.250 bits per heavy atom. The molecule has 0 N–H and O–H groups in total. The normalized spacial score (nSPS) is 10.9. The van der Waals surface area contributed by atoms with E-state index in [2.05, 4.69) is 81.1 Å². The van der Waals surface area contributed by atoms with E-state index in [0.29, 0.717) is 0 Å². The fourth-order valence-corrected chi connectivity index (χ4v) is 8.50. The van der Waals surface area contributed by atoms with E-state index in [0.717, 1.165) is 0 Å². The van der Waals surface area contributed by atoms with Crippen LogP contribution in [0.2, 0.25) is 0 Å². The van der Waals surface area contributed by atoms with Crippen LogP contribution in [0.1, 0.15) is 389 Å². The maximum Gasteiger partial charge on any atom is -0.0386 e. The molecule has 388 valence electrons. The first kappa shape index (κ1) is 70.6. The van der Waals surface area contributed by atoms with Gasteiger partial charge in [0.25, 0.3) is 0 Å². The van der Waals surface area contributed by atoms with Gasteiger partial charge in [0.1, 0.15) is 0 Å². The van der Waals surface area contributed by atoms with Gasteiger partial charge in [0.15, 0.2) is 0 Å². The lowest BCUT2D eigenvalue weighted by Gasteiger charge is -2.02. The van der Waals surface area contributed by atoms with Gasteiger partial charge < -0.3 is 0 Å². The van der Waals surface area contributed by atoms with Gasteiger partial charge in [-0.05, 0) is 25.7 Å². The average Bonchev–Trinajstić information content (AvgIpc) is 3.31. The summed E-state index contributed by atoms with van der Waals surface area (Å²) in [6.07, 6.45) is 83.8. The maximum absolute atomic E-state index is 2.46. The fraction of sp³-hybridized carbons (Fsp3) is 0.938.